The first-order valence-electron chi connectivity index (χ1n) is 8.26. The maximum atomic E-state index is 11.7. The van der Waals surface area contributed by atoms with Crippen molar-refractivity contribution in [3.63, 3.8) is 0 Å². The summed E-state index contributed by atoms with van der Waals surface area (Å²) in [6.45, 7) is 1.71. The molecule has 0 radical (unpaired) electrons. The van der Waals surface area contributed by atoms with E-state index in [1.54, 1.807) is 13.0 Å². The van der Waals surface area contributed by atoms with Crippen LogP contribution in [0.25, 0.3) is 10.8 Å². The van der Waals surface area contributed by atoms with Gasteiger partial charge in [0.05, 0.1) is 34.0 Å². The van der Waals surface area contributed by atoms with Crippen molar-refractivity contribution in [1.82, 2.24) is 0 Å². The number of anilines is 1. The minimum atomic E-state index is -5.01. The van der Waals surface area contributed by atoms with Crippen LogP contribution in [0.15, 0.2) is 62.5 Å². The third kappa shape index (κ3) is 6.10. The van der Waals surface area contributed by atoms with Crippen molar-refractivity contribution in [2.45, 2.75) is 16.7 Å². The zero-order valence-electron chi connectivity index (χ0n) is 17.7. The smallest absolute Gasteiger partial charge is 0.744 e. The summed E-state index contributed by atoms with van der Waals surface area (Å²) >= 11 is 0. The zero-order valence-corrected chi connectivity index (χ0v) is 21.3. The number of nitrogens with zero attached hydrogens (tertiary/aromatic N) is 2. The van der Waals surface area contributed by atoms with Crippen molar-refractivity contribution in [1.29, 1.82) is 0 Å². The van der Waals surface area contributed by atoms with Crippen LogP contribution >= 0.6 is 0 Å². The SMILES string of the molecule is COc1cc(N=Nc2cc(S(=O)(=O)[O-])c3cccc(S(=O)(=O)[O-])c3c2)c(C)cc1N.[Li+].[Na+]. The van der Waals surface area contributed by atoms with Gasteiger partial charge in [-0.05, 0) is 36.8 Å². The second-order valence-corrected chi connectivity index (χ2v) is 8.98. The average Bonchev–Trinajstić information content (AvgIpc) is 2.64. The fraction of sp³-hybridized carbons (Fsp3) is 0.111. The van der Waals surface area contributed by atoms with E-state index in [0.717, 1.165) is 12.1 Å². The molecular formula is C18H15LiN3NaO7S2. The molecule has 0 saturated heterocycles. The summed E-state index contributed by atoms with van der Waals surface area (Å²) in [4.78, 5) is -1.39. The maximum absolute atomic E-state index is 11.7. The van der Waals surface area contributed by atoms with E-state index in [1.807, 2.05) is 0 Å². The van der Waals surface area contributed by atoms with Crippen LogP contribution in [0.2, 0.25) is 0 Å². The molecule has 0 aliphatic rings. The summed E-state index contributed by atoms with van der Waals surface area (Å²) in [5.41, 5.74) is 7.03. The average molecular weight is 479 g/mol. The number of azo groups is 1. The van der Waals surface area contributed by atoms with Gasteiger partial charge in [0.1, 0.15) is 26.0 Å². The molecule has 0 amide bonds. The first kappa shape index (κ1) is 28.6. The summed E-state index contributed by atoms with van der Waals surface area (Å²) in [5, 5.41) is 7.48. The molecule has 0 bridgehead atoms. The van der Waals surface area contributed by atoms with E-state index >= 15 is 0 Å². The fourth-order valence-electron chi connectivity index (χ4n) is 2.89. The monoisotopic (exact) mass is 479 g/mol. The molecule has 3 aromatic carbocycles. The minimum absolute atomic E-state index is 0. The van der Waals surface area contributed by atoms with Crippen molar-refractivity contribution < 1.29 is 79.1 Å². The molecule has 14 heteroatoms. The van der Waals surface area contributed by atoms with Crippen molar-refractivity contribution in [2.24, 2.45) is 10.2 Å². The molecule has 0 aliphatic heterocycles. The van der Waals surface area contributed by atoms with Gasteiger partial charge in [0.15, 0.2) is 0 Å². The molecule has 0 saturated carbocycles. The van der Waals surface area contributed by atoms with Crippen LogP contribution in [0, 0.1) is 6.92 Å². The van der Waals surface area contributed by atoms with E-state index in [2.05, 4.69) is 10.2 Å². The Kier molecular flexibility index (Phi) is 9.50. The van der Waals surface area contributed by atoms with Gasteiger partial charge < -0.3 is 19.6 Å². The molecule has 2 N–H and O–H groups in total. The molecule has 3 rings (SSSR count). The predicted octanol–water partition coefficient (Wildman–Crippen LogP) is -3.03. The number of benzene rings is 3. The van der Waals surface area contributed by atoms with Crippen LogP contribution in [-0.2, 0) is 20.2 Å². The maximum Gasteiger partial charge on any atom is 1.00 e. The number of nitrogens with two attached hydrogens (primary N) is 1. The summed E-state index contributed by atoms with van der Waals surface area (Å²) in [7, 11) is -8.53. The van der Waals surface area contributed by atoms with Gasteiger partial charge in [0.25, 0.3) is 0 Å². The third-order valence-electron chi connectivity index (χ3n) is 4.26. The molecule has 0 spiro atoms. The Labute approximate surface area is 219 Å². The summed E-state index contributed by atoms with van der Waals surface area (Å²) in [5.74, 6) is 0.343. The molecule has 3 aromatic rings. The largest absolute Gasteiger partial charge is 1.00 e. The molecule has 0 aromatic heterocycles. The Morgan fingerprint density at radius 1 is 0.906 bits per heavy atom. The van der Waals surface area contributed by atoms with Crippen molar-refractivity contribution in [3.8, 4) is 5.75 Å². The van der Waals surface area contributed by atoms with E-state index in [4.69, 9.17) is 10.5 Å². The summed E-state index contributed by atoms with van der Waals surface area (Å²) in [6.07, 6.45) is 0. The van der Waals surface area contributed by atoms with Gasteiger partial charge in [-0.25, -0.2) is 16.8 Å². The molecule has 0 aliphatic carbocycles. The molecule has 10 nitrogen and oxygen atoms in total. The van der Waals surface area contributed by atoms with Gasteiger partial charge in [0, 0.05) is 16.8 Å². The van der Waals surface area contributed by atoms with Crippen LogP contribution < -0.4 is 58.9 Å². The number of fused-ring (bicyclic) bond motifs is 1. The van der Waals surface area contributed by atoms with Gasteiger partial charge >= 0.3 is 48.4 Å². The normalized spacial score (nSPS) is 11.8. The standard InChI is InChI=1S/C18H17N3O7S2.Li.Na/c1-10-6-14(19)16(28-2)9-15(10)21-20-11-7-13-12(18(8-11)30(25,26)27)4-3-5-17(13)29(22,23)24;;/h3-9H,19H2,1-2H3,(H,22,23,24)(H,25,26,27);;/q;2*+1/p-2. The van der Waals surface area contributed by atoms with E-state index < -0.39 is 30.0 Å². The third-order valence-corrected chi connectivity index (χ3v) is 6.03. The van der Waals surface area contributed by atoms with Crippen molar-refractivity contribution in [3.05, 3.63) is 48.0 Å². The Morgan fingerprint density at radius 2 is 1.53 bits per heavy atom. The van der Waals surface area contributed by atoms with E-state index in [1.165, 1.54) is 31.4 Å². The number of hydrogen-bond donors (Lipinski definition) is 1. The first-order valence-corrected chi connectivity index (χ1v) is 11.1. The zero-order chi connectivity index (χ0) is 22.3. The first-order chi connectivity index (χ1) is 13.9. The second kappa shape index (κ2) is 10.6. The quantitative estimate of drug-likeness (QED) is 0.174. The second-order valence-electron chi connectivity index (χ2n) is 6.28. The van der Waals surface area contributed by atoms with Gasteiger partial charge in [-0.2, -0.15) is 10.2 Å². The van der Waals surface area contributed by atoms with E-state index in [-0.39, 0.29) is 64.9 Å². The number of aryl methyl sites for hydroxylation is 1. The number of rotatable bonds is 5. The molecule has 0 heterocycles. The van der Waals surface area contributed by atoms with E-state index in [9.17, 15) is 25.9 Å². The Morgan fingerprint density at radius 3 is 2.09 bits per heavy atom. The van der Waals surface area contributed by atoms with Gasteiger partial charge in [-0.15, -0.1) is 0 Å². The molecule has 0 unspecified atom stereocenters. The number of nitrogen functional groups attached to an aromatic ring is 1. The van der Waals surface area contributed by atoms with Gasteiger partial charge in [-0.1, -0.05) is 12.1 Å². The van der Waals surface area contributed by atoms with Crippen molar-refractivity contribution >= 4 is 48.1 Å². The summed E-state index contributed by atoms with van der Waals surface area (Å²) < 4.78 is 75.0. The molecule has 158 valence electrons. The minimum Gasteiger partial charge on any atom is -0.744 e. The number of hydrogen-bond acceptors (Lipinski definition) is 10. The van der Waals surface area contributed by atoms with Crippen LogP contribution in [-0.4, -0.2) is 33.1 Å². The Hall–Kier alpha value is -1.46. The number of methoxy groups -OCH3 is 1. The molecule has 32 heavy (non-hydrogen) atoms. The topological polar surface area (TPSA) is 174 Å². The fourth-order valence-corrected chi connectivity index (χ4v) is 4.28. The summed E-state index contributed by atoms with van der Waals surface area (Å²) in [6, 6.07) is 8.65. The Bertz CT molecular complexity index is 1410. The van der Waals surface area contributed by atoms with Crippen LogP contribution in [0.1, 0.15) is 5.56 Å². The van der Waals surface area contributed by atoms with Gasteiger partial charge in [0.2, 0.25) is 0 Å². The van der Waals surface area contributed by atoms with Crippen LogP contribution in [0.3, 0.4) is 0 Å². The Balaban J connectivity index is 0.00000256. The molecular weight excluding hydrogens is 464 g/mol. The predicted molar refractivity (Wildman–Crippen MR) is 106 cm³/mol. The van der Waals surface area contributed by atoms with Crippen molar-refractivity contribution in [2.75, 3.05) is 12.8 Å². The van der Waals surface area contributed by atoms with Gasteiger partial charge in [-0.3, -0.25) is 0 Å². The van der Waals surface area contributed by atoms with Crippen LogP contribution in [0.4, 0.5) is 17.1 Å². The van der Waals surface area contributed by atoms with E-state index in [0.29, 0.717) is 22.7 Å². The molecule has 0 atom stereocenters. The van der Waals surface area contributed by atoms with Crippen LogP contribution in [0.5, 0.6) is 5.75 Å². The molecule has 0 fully saturated rings. The number of ether oxygens (including phenoxy) is 1.